The molecule has 0 atom stereocenters. The first-order chi connectivity index (χ1) is 7.16. The van der Waals surface area contributed by atoms with Crippen molar-refractivity contribution in [3.05, 3.63) is 50.5 Å². The van der Waals surface area contributed by atoms with Crippen LogP contribution < -0.4 is 0 Å². The van der Waals surface area contributed by atoms with E-state index in [0.29, 0.717) is 0 Å². The maximum atomic E-state index is 5.82. The first kappa shape index (κ1) is 11.1. The van der Waals surface area contributed by atoms with Gasteiger partial charge < -0.3 is 0 Å². The van der Waals surface area contributed by atoms with Gasteiger partial charge in [-0.05, 0) is 50.1 Å². The number of aromatic nitrogens is 1. The lowest BCUT2D eigenvalue weighted by molar-refractivity contribution is 1.29. The van der Waals surface area contributed by atoms with Crippen molar-refractivity contribution >= 4 is 43.5 Å². The van der Waals surface area contributed by atoms with Crippen molar-refractivity contribution in [2.45, 2.75) is 0 Å². The zero-order chi connectivity index (χ0) is 10.8. The fourth-order valence-corrected chi connectivity index (χ4v) is 1.85. The maximum Gasteiger partial charge on any atom is 0.0714 e. The molecule has 4 heteroatoms. The highest BCUT2D eigenvalue weighted by Crippen LogP contribution is 2.27. The Hall–Kier alpha value is -0.380. The van der Waals surface area contributed by atoms with Crippen molar-refractivity contribution in [3.8, 4) is 11.3 Å². The van der Waals surface area contributed by atoms with Gasteiger partial charge in [-0.1, -0.05) is 23.7 Å². The summed E-state index contributed by atoms with van der Waals surface area (Å²) in [5.74, 6) is 0. The minimum Gasteiger partial charge on any atom is -0.255 e. The SMILES string of the molecule is Clc1ccc(-c2cc(Br)c(Br)cn2)cc1. The lowest BCUT2D eigenvalue weighted by Crippen LogP contribution is -1.83. The largest absolute Gasteiger partial charge is 0.255 e. The molecule has 0 aliphatic heterocycles. The van der Waals surface area contributed by atoms with Gasteiger partial charge in [-0.2, -0.15) is 0 Å². The van der Waals surface area contributed by atoms with E-state index in [1.165, 1.54) is 0 Å². The molecule has 0 amide bonds. The van der Waals surface area contributed by atoms with Crippen LogP contribution in [0.3, 0.4) is 0 Å². The Balaban J connectivity index is 2.45. The van der Waals surface area contributed by atoms with Crippen molar-refractivity contribution in [2.24, 2.45) is 0 Å². The van der Waals surface area contributed by atoms with Gasteiger partial charge in [-0.25, -0.2) is 0 Å². The van der Waals surface area contributed by atoms with E-state index < -0.39 is 0 Å². The Labute approximate surface area is 110 Å². The van der Waals surface area contributed by atoms with Crippen LogP contribution in [0.2, 0.25) is 5.02 Å². The number of halogens is 3. The van der Waals surface area contributed by atoms with Crippen LogP contribution in [0.1, 0.15) is 0 Å². The van der Waals surface area contributed by atoms with E-state index >= 15 is 0 Å². The average molecular weight is 347 g/mol. The van der Waals surface area contributed by atoms with Crippen LogP contribution >= 0.6 is 43.5 Å². The normalized spacial score (nSPS) is 10.3. The van der Waals surface area contributed by atoms with E-state index in [9.17, 15) is 0 Å². The van der Waals surface area contributed by atoms with Crippen molar-refractivity contribution < 1.29 is 0 Å². The molecule has 0 saturated carbocycles. The van der Waals surface area contributed by atoms with E-state index in [1.54, 1.807) is 6.20 Å². The fourth-order valence-electron chi connectivity index (χ4n) is 1.19. The van der Waals surface area contributed by atoms with E-state index in [2.05, 4.69) is 36.8 Å². The Morgan fingerprint density at radius 1 is 1.00 bits per heavy atom. The molecule has 0 aliphatic rings. The standard InChI is InChI=1S/C11H6Br2ClN/c12-9-5-11(15-6-10(9)13)7-1-3-8(14)4-2-7/h1-6H. The average Bonchev–Trinajstić information content (AvgIpc) is 2.23. The maximum absolute atomic E-state index is 5.82. The molecule has 76 valence electrons. The van der Waals surface area contributed by atoms with Crippen LogP contribution in [0.4, 0.5) is 0 Å². The van der Waals surface area contributed by atoms with Crippen LogP contribution in [0.25, 0.3) is 11.3 Å². The smallest absolute Gasteiger partial charge is 0.0714 e. The minimum atomic E-state index is 0.731. The Bertz CT molecular complexity index is 482. The van der Waals surface area contributed by atoms with Crippen molar-refractivity contribution in [1.82, 2.24) is 4.98 Å². The van der Waals surface area contributed by atoms with Gasteiger partial charge in [0.05, 0.1) is 10.2 Å². The summed E-state index contributed by atoms with van der Waals surface area (Å²) in [4.78, 5) is 4.32. The third-order valence-electron chi connectivity index (χ3n) is 1.95. The highest BCUT2D eigenvalue weighted by atomic mass is 79.9. The van der Waals surface area contributed by atoms with Gasteiger partial charge in [0, 0.05) is 21.3 Å². The van der Waals surface area contributed by atoms with Gasteiger partial charge in [0.25, 0.3) is 0 Å². The molecule has 0 aliphatic carbocycles. The topological polar surface area (TPSA) is 12.9 Å². The Kier molecular flexibility index (Phi) is 3.44. The molecule has 1 aromatic heterocycles. The van der Waals surface area contributed by atoms with Crippen LogP contribution in [-0.4, -0.2) is 4.98 Å². The molecule has 0 spiro atoms. The van der Waals surface area contributed by atoms with E-state index in [-0.39, 0.29) is 0 Å². The highest BCUT2D eigenvalue weighted by Gasteiger charge is 2.02. The first-order valence-corrected chi connectivity index (χ1v) is 6.20. The zero-order valence-electron chi connectivity index (χ0n) is 7.55. The number of hydrogen-bond acceptors (Lipinski definition) is 1. The zero-order valence-corrected chi connectivity index (χ0v) is 11.5. The fraction of sp³-hybridized carbons (Fsp3) is 0. The summed E-state index contributed by atoms with van der Waals surface area (Å²) >= 11 is 12.6. The number of benzene rings is 1. The lowest BCUT2D eigenvalue weighted by atomic mass is 10.1. The molecule has 15 heavy (non-hydrogen) atoms. The number of pyridine rings is 1. The molecule has 0 fully saturated rings. The van der Waals surface area contributed by atoms with Gasteiger partial charge in [-0.15, -0.1) is 0 Å². The predicted octanol–water partition coefficient (Wildman–Crippen LogP) is 4.93. The van der Waals surface area contributed by atoms with Gasteiger partial charge in [0.2, 0.25) is 0 Å². The quantitative estimate of drug-likeness (QED) is 0.713. The van der Waals surface area contributed by atoms with Crippen LogP contribution in [0.5, 0.6) is 0 Å². The molecule has 0 N–H and O–H groups in total. The third kappa shape index (κ3) is 2.60. The summed E-state index contributed by atoms with van der Waals surface area (Å²) in [5, 5.41) is 0.731. The summed E-state index contributed by atoms with van der Waals surface area (Å²) in [6.07, 6.45) is 1.77. The second-order valence-electron chi connectivity index (χ2n) is 2.99. The van der Waals surface area contributed by atoms with Gasteiger partial charge in [-0.3, -0.25) is 4.98 Å². The molecule has 0 saturated heterocycles. The molecule has 0 bridgehead atoms. The van der Waals surface area contributed by atoms with Crippen LogP contribution in [-0.2, 0) is 0 Å². The van der Waals surface area contributed by atoms with Gasteiger partial charge >= 0.3 is 0 Å². The van der Waals surface area contributed by atoms with E-state index in [1.807, 2.05) is 30.3 Å². The minimum absolute atomic E-state index is 0.731. The van der Waals surface area contributed by atoms with Crippen LogP contribution in [0.15, 0.2) is 45.5 Å². The molecular formula is C11H6Br2ClN. The molecule has 0 radical (unpaired) electrons. The Morgan fingerprint density at radius 3 is 2.27 bits per heavy atom. The predicted molar refractivity (Wildman–Crippen MR) is 70.1 cm³/mol. The molecule has 1 nitrogen and oxygen atoms in total. The monoisotopic (exact) mass is 345 g/mol. The van der Waals surface area contributed by atoms with Gasteiger partial charge in [0.15, 0.2) is 0 Å². The third-order valence-corrected chi connectivity index (χ3v) is 4.02. The molecule has 1 heterocycles. The summed E-state index contributed by atoms with van der Waals surface area (Å²) in [6, 6.07) is 9.58. The second kappa shape index (κ2) is 4.64. The molecule has 2 aromatic rings. The summed E-state index contributed by atoms with van der Waals surface area (Å²) in [7, 11) is 0. The first-order valence-electron chi connectivity index (χ1n) is 4.24. The van der Waals surface area contributed by atoms with E-state index in [0.717, 1.165) is 25.2 Å². The Morgan fingerprint density at radius 2 is 1.67 bits per heavy atom. The number of hydrogen-bond donors (Lipinski definition) is 0. The molecule has 0 unspecified atom stereocenters. The molecule has 1 aromatic carbocycles. The number of nitrogens with zero attached hydrogens (tertiary/aromatic N) is 1. The second-order valence-corrected chi connectivity index (χ2v) is 5.14. The molecule has 2 rings (SSSR count). The summed E-state index contributed by atoms with van der Waals surface area (Å²) < 4.78 is 1.93. The van der Waals surface area contributed by atoms with Gasteiger partial charge in [0.1, 0.15) is 0 Å². The highest BCUT2D eigenvalue weighted by molar-refractivity contribution is 9.13. The molecular weight excluding hydrogens is 341 g/mol. The van der Waals surface area contributed by atoms with E-state index in [4.69, 9.17) is 11.6 Å². The summed E-state index contributed by atoms with van der Waals surface area (Å²) in [5.41, 5.74) is 1.97. The van der Waals surface area contributed by atoms with Crippen molar-refractivity contribution in [2.75, 3.05) is 0 Å². The number of rotatable bonds is 1. The van der Waals surface area contributed by atoms with Crippen molar-refractivity contribution in [1.29, 1.82) is 0 Å². The van der Waals surface area contributed by atoms with Crippen LogP contribution in [0, 0.1) is 0 Å². The lowest BCUT2D eigenvalue weighted by Gasteiger charge is -2.02. The summed E-state index contributed by atoms with van der Waals surface area (Å²) in [6.45, 7) is 0. The van der Waals surface area contributed by atoms with Crippen molar-refractivity contribution in [3.63, 3.8) is 0 Å².